The fourth-order valence-corrected chi connectivity index (χ4v) is 5.27. The first-order chi connectivity index (χ1) is 16.2. The smallest absolute Gasteiger partial charge is 0.268 e. The molecule has 1 aliphatic carbocycles. The third-order valence-electron chi connectivity index (χ3n) is 5.03. The molecular weight excluding hydrogens is 636 g/mol. The van der Waals surface area contributed by atoms with Crippen molar-refractivity contribution >= 4 is 50.5 Å². The lowest BCUT2D eigenvalue weighted by Crippen LogP contribution is -2.28. The first kappa shape index (κ1) is 27.8. The van der Waals surface area contributed by atoms with Crippen LogP contribution in [0, 0.1) is 0 Å². The molecule has 0 aliphatic heterocycles. The lowest BCUT2D eigenvalue weighted by Gasteiger charge is -2.17. The van der Waals surface area contributed by atoms with Crippen molar-refractivity contribution in [1.29, 1.82) is 0 Å². The molecule has 2 aromatic rings. The molecule has 0 radical (unpaired) electrons. The van der Waals surface area contributed by atoms with E-state index in [0.717, 1.165) is 5.56 Å². The van der Waals surface area contributed by atoms with Gasteiger partial charge in [-0.25, -0.2) is 23.2 Å². The predicted molar refractivity (Wildman–Crippen MR) is 125 cm³/mol. The largest absolute Gasteiger partial charge is 0.416 e. The van der Waals surface area contributed by atoms with Gasteiger partial charge in [0.05, 0.1) is 16.0 Å². The number of hydrogen-bond acceptors (Lipinski definition) is 4. The molecule has 0 spiro atoms. The zero-order chi connectivity index (χ0) is 26.0. The Hall–Kier alpha value is -1.74. The number of hydroxylamine groups is 1. The minimum Gasteiger partial charge on any atom is -0.268 e. The minimum atomic E-state index is -5.17. The average molecular weight is 652 g/mol. The van der Waals surface area contributed by atoms with Crippen molar-refractivity contribution in [2.75, 3.05) is 0 Å². The first-order valence-electron chi connectivity index (χ1n) is 9.65. The summed E-state index contributed by atoms with van der Waals surface area (Å²) in [5.74, 6) is -0.486. The van der Waals surface area contributed by atoms with Gasteiger partial charge in [0.2, 0.25) is 10.0 Å². The van der Waals surface area contributed by atoms with Gasteiger partial charge in [-0.3, -0.25) is 4.79 Å². The molecular formula is C20H16F6IN2O4PS. The zero-order valence-electron chi connectivity index (χ0n) is 17.3. The maximum atomic E-state index is 13.1. The van der Waals surface area contributed by atoms with Gasteiger partial charge in [0.25, 0.3) is 5.91 Å². The molecule has 0 saturated carbocycles. The summed E-state index contributed by atoms with van der Waals surface area (Å²) in [4.78, 5) is 10.5. The van der Waals surface area contributed by atoms with Crippen LogP contribution in [0.2, 0.25) is 0 Å². The van der Waals surface area contributed by atoms with Crippen molar-refractivity contribution in [2.45, 2.75) is 36.1 Å². The molecule has 35 heavy (non-hydrogen) atoms. The number of hydrogen-bond donors (Lipinski definition) is 2. The zero-order valence-corrected chi connectivity index (χ0v) is 21.3. The molecule has 0 fully saturated rings. The van der Waals surface area contributed by atoms with E-state index in [9.17, 15) is 39.6 Å². The van der Waals surface area contributed by atoms with Gasteiger partial charge in [-0.15, -0.1) is 0 Å². The van der Waals surface area contributed by atoms with Gasteiger partial charge in [-0.2, -0.15) is 26.3 Å². The summed E-state index contributed by atoms with van der Waals surface area (Å²) in [5, 5.41) is 0. The van der Waals surface area contributed by atoms with Gasteiger partial charge in [0, 0.05) is 12.1 Å². The maximum absolute atomic E-state index is 13.1. The highest BCUT2D eigenvalue weighted by Gasteiger charge is 2.39. The number of aryl methyl sites for hydroxylation is 1. The molecule has 0 bridgehead atoms. The van der Waals surface area contributed by atoms with Crippen LogP contribution in [0.5, 0.6) is 0 Å². The highest BCUT2D eigenvalue weighted by Crippen LogP contribution is 2.38. The Labute approximate surface area is 210 Å². The Morgan fingerprint density at radius 1 is 1.06 bits per heavy atom. The van der Waals surface area contributed by atoms with E-state index in [2.05, 4.69) is 10.2 Å². The van der Waals surface area contributed by atoms with Crippen molar-refractivity contribution in [2.24, 2.45) is 0 Å². The molecule has 1 aliphatic rings. The van der Waals surface area contributed by atoms with Crippen LogP contribution in [0.3, 0.4) is 0 Å². The van der Waals surface area contributed by atoms with Gasteiger partial charge in [-0.05, 0) is 75.8 Å². The predicted octanol–water partition coefficient (Wildman–Crippen LogP) is 5.69. The standard InChI is InChI=1S/C20H16F6IN2O4PS/c21-19(22,23)13-8-14(20(24,25)26)10-15(9-13)35(31,32)29-17-5-3-12-7-11(1-4-16(12)17)2-6-18(30)28-33-34-27/h1-2,4,6-10,17,29,34H,3,5H2,(H,28,30)/b6-2+. The van der Waals surface area contributed by atoms with Crippen LogP contribution in [0.25, 0.3) is 6.08 Å². The molecule has 2 N–H and O–H groups in total. The Morgan fingerprint density at radius 2 is 1.69 bits per heavy atom. The summed E-state index contributed by atoms with van der Waals surface area (Å²) in [6, 6.07) is 4.26. The van der Waals surface area contributed by atoms with E-state index in [4.69, 9.17) is 4.62 Å². The summed E-state index contributed by atoms with van der Waals surface area (Å²) < 4.78 is 111. The molecule has 15 heteroatoms. The lowest BCUT2D eigenvalue weighted by molar-refractivity contribution is -0.143. The molecule has 2 unspecified atom stereocenters. The van der Waals surface area contributed by atoms with E-state index < -0.39 is 50.3 Å². The van der Waals surface area contributed by atoms with E-state index in [0.29, 0.717) is 17.5 Å². The number of sulfonamides is 1. The van der Waals surface area contributed by atoms with E-state index in [1.54, 1.807) is 18.2 Å². The van der Waals surface area contributed by atoms with Gasteiger partial charge in [0.1, 0.15) is 6.45 Å². The number of carbonyl (C=O) groups is 1. The molecule has 6 nitrogen and oxygen atoms in total. The number of rotatable bonds is 7. The third-order valence-corrected chi connectivity index (χ3v) is 7.32. The molecule has 0 heterocycles. The van der Waals surface area contributed by atoms with Crippen molar-refractivity contribution in [3.63, 3.8) is 0 Å². The van der Waals surface area contributed by atoms with E-state index >= 15 is 0 Å². The Bertz CT molecular complexity index is 1220. The SMILES string of the molecule is O=C(/C=C/c1ccc2c(c1)CCC2NS(=O)(=O)c1cc(C(F)(F)F)cc(C(F)(F)F)c1)NOPI. The second-order valence-electron chi connectivity index (χ2n) is 7.39. The van der Waals surface area contributed by atoms with Crippen LogP contribution in [0.4, 0.5) is 26.3 Å². The van der Waals surface area contributed by atoms with Gasteiger partial charge in [-0.1, -0.05) is 18.2 Å². The van der Waals surface area contributed by atoms with Gasteiger partial charge in [0.15, 0.2) is 0 Å². The summed E-state index contributed by atoms with van der Waals surface area (Å²) in [6.07, 6.45) is -6.94. The van der Waals surface area contributed by atoms with E-state index in [-0.39, 0.29) is 31.1 Å². The number of benzene rings is 2. The molecule has 0 saturated heterocycles. The van der Waals surface area contributed by atoms with Crippen molar-refractivity contribution in [3.05, 3.63) is 70.3 Å². The molecule has 2 atom stereocenters. The number of alkyl halides is 6. The number of carbonyl (C=O) groups excluding carboxylic acids is 1. The fraction of sp³-hybridized carbons (Fsp3) is 0.250. The Morgan fingerprint density at radius 3 is 2.26 bits per heavy atom. The maximum Gasteiger partial charge on any atom is 0.416 e. The van der Waals surface area contributed by atoms with Crippen molar-refractivity contribution in [1.82, 2.24) is 10.2 Å². The average Bonchev–Trinajstić information content (AvgIpc) is 3.16. The Kier molecular flexibility index (Phi) is 8.52. The normalized spacial score (nSPS) is 16.8. The van der Waals surface area contributed by atoms with Crippen molar-refractivity contribution in [3.8, 4) is 0 Å². The van der Waals surface area contributed by atoms with Crippen LogP contribution >= 0.6 is 28.5 Å². The van der Waals surface area contributed by atoms with Crippen LogP contribution in [-0.4, -0.2) is 14.3 Å². The summed E-state index contributed by atoms with van der Waals surface area (Å²) in [7, 11) is -4.72. The number of nitrogens with one attached hydrogen (secondary N) is 2. The quantitative estimate of drug-likeness (QED) is 0.132. The molecule has 3 rings (SSSR count). The molecule has 0 aromatic heterocycles. The summed E-state index contributed by atoms with van der Waals surface area (Å²) in [5.41, 5.74) is 0.648. The van der Waals surface area contributed by atoms with Crippen LogP contribution in [0.1, 0.15) is 40.3 Å². The van der Waals surface area contributed by atoms with E-state index in [1.807, 2.05) is 22.0 Å². The Balaban J connectivity index is 1.85. The number of halogens is 7. The second kappa shape index (κ2) is 10.7. The third kappa shape index (κ3) is 7.15. The molecule has 190 valence electrons. The number of amides is 1. The van der Waals surface area contributed by atoms with Crippen LogP contribution in [0.15, 0.2) is 47.4 Å². The lowest BCUT2D eigenvalue weighted by atomic mass is 10.0. The highest BCUT2D eigenvalue weighted by atomic mass is 127. The van der Waals surface area contributed by atoms with Crippen LogP contribution in [-0.2, 0) is 38.2 Å². The first-order valence-corrected chi connectivity index (χ1v) is 15.2. The molecule has 2 aromatic carbocycles. The number of fused-ring (bicyclic) bond motifs is 1. The van der Waals surface area contributed by atoms with Gasteiger partial charge < -0.3 is 0 Å². The second-order valence-corrected chi connectivity index (χ2v) is 10.8. The topological polar surface area (TPSA) is 84.5 Å². The highest BCUT2D eigenvalue weighted by molar-refractivity contribution is 14.2. The van der Waals surface area contributed by atoms with Gasteiger partial charge >= 0.3 is 12.4 Å². The monoisotopic (exact) mass is 652 g/mol. The van der Waals surface area contributed by atoms with Crippen molar-refractivity contribution < 1.29 is 44.2 Å². The summed E-state index contributed by atoms with van der Waals surface area (Å²) in [6.45, 7) is 0.0368. The minimum absolute atomic E-state index is 0.0368. The summed E-state index contributed by atoms with van der Waals surface area (Å²) >= 11 is 1.92. The van der Waals surface area contributed by atoms with E-state index in [1.165, 1.54) is 12.2 Å². The molecule has 1 amide bonds. The van der Waals surface area contributed by atoms with Crippen LogP contribution < -0.4 is 10.2 Å². The fourth-order valence-electron chi connectivity index (χ4n) is 3.48.